The molecule has 0 unspecified atom stereocenters. The number of fused-ring (bicyclic) bond motifs is 2. The fraction of sp³-hybridized carbons (Fsp3) is 0.387. The van der Waals surface area contributed by atoms with Crippen LogP contribution in [0.1, 0.15) is 55.0 Å². The number of nitrogens with one attached hydrogen (secondary N) is 1. The molecule has 0 bridgehead atoms. The predicted molar refractivity (Wildman–Crippen MR) is 149 cm³/mol. The smallest absolute Gasteiger partial charge is 0.325 e. The molecule has 4 amide bonds. The van der Waals surface area contributed by atoms with Gasteiger partial charge in [-0.05, 0) is 66.1 Å². The minimum Gasteiger partial charge on any atom is -0.481 e. The number of imide groups is 1. The second-order valence-corrected chi connectivity index (χ2v) is 11.6. The number of alkyl halides is 1. The van der Waals surface area contributed by atoms with E-state index in [1.165, 1.54) is 17.0 Å². The van der Waals surface area contributed by atoms with Gasteiger partial charge in [0.25, 0.3) is 5.91 Å². The van der Waals surface area contributed by atoms with Crippen molar-refractivity contribution in [3.63, 3.8) is 0 Å². The highest BCUT2D eigenvalue weighted by Gasteiger charge is 2.58. The van der Waals surface area contributed by atoms with Gasteiger partial charge in [0.1, 0.15) is 24.1 Å². The van der Waals surface area contributed by atoms with E-state index in [0.717, 1.165) is 16.0 Å². The van der Waals surface area contributed by atoms with Crippen molar-refractivity contribution < 1.29 is 33.1 Å². The second kappa shape index (κ2) is 10.9. The molecule has 224 valence electrons. The van der Waals surface area contributed by atoms with E-state index in [0.29, 0.717) is 42.4 Å². The van der Waals surface area contributed by atoms with Gasteiger partial charge in [0, 0.05) is 37.8 Å². The van der Waals surface area contributed by atoms with Gasteiger partial charge in [-0.2, -0.15) is 5.10 Å². The lowest BCUT2D eigenvalue weighted by molar-refractivity contribution is -0.145. The summed E-state index contributed by atoms with van der Waals surface area (Å²) in [5, 5.41) is 16.2. The highest BCUT2D eigenvalue weighted by atomic mass is 19.1. The fourth-order valence-electron chi connectivity index (χ4n) is 6.61. The number of benzene rings is 2. The number of hydrogen-bond acceptors (Lipinski definition) is 5. The summed E-state index contributed by atoms with van der Waals surface area (Å²) < 4.78 is 30.6. The normalized spacial score (nSPS) is 24.7. The lowest BCUT2D eigenvalue weighted by Gasteiger charge is -2.36. The highest BCUT2D eigenvalue weighted by molar-refractivity contribution is 6.10. The minimum absolute atomic E-state index is 0.100. The number of hydrogen-bond donors (Lipinski definition) is 2. The lowest BCUT2D eigenvalue weighted by atomic mass is 9.85. The summed E-state index contributed by atoms with van der Waals surface area (Å²) in [6.07, 6.45) is 3.29. The third-order valence-electron chi connectivity index (χ3n) is 8.91. The summed E-state index contributed by atoms with van der Waals surface area (Å²) >= 11 is 0. The molecule has 12 heteroatoms. The number of aryl methyl sites for hydroxylation is 1. The van der Waals surface area contributed by atoms with Crippen molar-refractivity contribution in [2.45, 2.75) is 56.4 Å². The maximum absolute atomic E-state index is 15.4. The number of rotatable bonds is 7. The number of carboxylic acid groups (broad SMARTS) is 1. The van der Waals surface area contributed by atoms with Gasteiger partial charge in [0.15, 0.2) is 0 Å². The lowest BCUT2D eigenvalue weighted by Crippen LogP contribution is -2.48. The van der Waals surface area contributed by atoms with Crippen molar-refractivity contribution in [2.75, 3.05) is 6.54 Å². The van der Waals surface area contributed by atoms with Crippen LogP contribution >= 0.6 is 0 Å². The van der Waals surface area contributed by atoms with Crippen molar-refractivity contribution in [3.05, 3.63) is 77.4 Å². The molecular weight excluding hydrogens is 560 g/mol. The number of aromatic nitrogens is 2. The molecule has 3 aliphatic rings. The zero-order valence-corrected chi connectivity index (χ0v) is 23.5. The Morgan fingerprint density at radius 1 is 1.09 bits per heavy atom. The molecule has 1 spiro atoms. The molecule has 3 aromatic rings. The number of nitrogens with zero attached hydrogens (tertiary/aromatic N) is 4. The Morgan fingerprint density at radius 2 is 1.81 bits per heavy atom. The van der Waals surface area contributed by atoms with Gasteiger partial charge >= 0.3 is 12.0 Å². The summed E-state index contributed by atoms with van der Waals surface area (Å²) in [6, 6.07) is 9.62. The molecule has 2 aromatic carbocycles. The first-order valence-corrected chi connectivity index (χ1v) is 14.2. The van der Waals surface area contributed by atoms with Crippen molar-refractivity contribution in [1.82, 2.24) is 24.9 Å². The zero-order chi connectivity index (χ0) is 30.5. The van der Waals surface area contributed by atoms with Crippen molar-refractivity contribution >= 4 is 23.8 Å². The van der Waals surface area contributed by atoms with Crippen LogP contribution < -0.4 is 5.32 Å². The highest BCUT2D eigenvalue weighted by Crippen LogP contribution is 2.49. The molecule has 2 heterocycles. The van der Waals surface area contributed by atoms with Crippen LogP contribution in [0, 0.1) is 11.7 Å². The van der Waals surface area contributed by atoms with Crippen LogP contribution in [-0.4, -0.2) is 61.1 Å². The summed E-state index contributed by atoms with van der Waals surface area (Å²) in [5.74, 6) is -3.01. The number of carboxylic acids is 1. The maximum Gasteiger partial charge on any atom is 0.325 e. The molecule has 1 aliphatic heterocycles. The number of amides is 4. The SMILES string of the molecule is Cn1cc(-c2ccc3c(c2)[C@H](F)C[C@]32NC(=O)N(CC(=O)N(Cc3ccc(F)cc3)C3CCC(C(=O)O)CC3)C2=O)cn1. The number of halogens is 2. The summed E-state index contributed by atoms with van der Waals surface area (Å²) in [7, 11) is 1.77. The Hall–Kier alpha value is -4.61. The molecular formula is C31H31F2N5O5. The molecule has 6 rings (SSSR count). The van der Waals surface area contributed by atoms with Crippen LogP contribution in [-0.2, 0) is 33.5 Å². The van der Waals surface area contributed by atoms with Crippen LogP contribution in [0.15, 0.2) is 54.9 Å². The van der Waals surface area contributed by atoms with Crippen LogP contribution in [0.5, 0.6) is 0 Å². The summed E-state index contributed by atoms with van der Waals surface area (Å²) in [5.41, 5.74) is 1.20. The van der Waals surface area contributed by atoms with Gasteiger partial charge in [-0.1, -0.05) is 24.3 Å². The largest absolute Gasteiger partial charge is 0.481 e. The van der Waals surface area contributed by atoms with E-state index in [9.17, 15) is 28.7 Å². The predicted octanol–water partition coefficient (Wildman–Crippen LogP) is 4.06. The number of aliphatic carboxylic acids is 1. The van der Waals surface area contributed by atoms with Crippen LogP contribution in [0.4, 0.5) is 13.6 Å². The molecule has 0 radical (unpaired) electrons. The van der Waals surface area contributed by atoms with E-state index < -0.39 is 53.8 Å². The second-order valence-electron chi connectivity index (χ2n) is 11.6. The molecule has 43 heavy (non-hydrogen) atoms. The van der Waals surface area contributed by atoms with Crippen molar-refractivity contribution in [1.29, 1.82) is 0 Å². The standard InChI is InChI=1S/C31H31F2N5O5/c1-36-16-21(14-34-36)20-6-11-25-24(12-20)26(33)13-31(25)29(42)38(30(43)35-31)17-27(39)37(15-18-2-7-22(32)8-3-18)23-9-4-19(5-10-23)28(40)41/h2-3,6-8,11-12,14,16,19,23,26H,4-5,9-10,13,15,17H2,1H3,(H,35,43)(H,40,41)/t19?,23?,26-,31+/m1/s1. The van der Waals surface area contributed by atoms with Crippen LogP contribution in [0.3, 0.4) is 0 Å². The monoisotopic (exact) mass is 591 g/mol. The number of urea groups is 1. The zero-order valence-electron chi connectivity index (χ0n) is 23.5. The Kier molecular flexibility index (Phi) is 7.23. The van der Waals surface area contributed by atoms with E-state index >= 15 is 4.39 Å². The van der Waals surface area contributed by atoms with Gasteiger partial charge in [0.2, 0.25) is 5.91 Å². The molecule has 2 N–H and O–H groups in total. The average Bonchev–Trinajstić information content (AvgIpc) is 3.62. The van der Waals surface area contributed by atoms with E-state index in [2.05, 4.69) is 10.4 Å². The van der Waals surface area contributed by atoms with Gasteiger partial charge in [0.05, 0.1) is 12.1 Å². The molecule has 2 aliphatic carbocycles. The molecule has 2 atom stereocenters. The van der Waals surface area contributed by atoms with E-state index in [1.807, 2.05) is 0 Å². The molecule has 1 saturated heterocycles. The van der Waals surface area contributed by atoms with Crippen molar-refractivity contribution in [3.8, 4) is 11.1 Å². The van der Waals surface area contributed by atoms with Crippen LogP contribution in [0.25, 0.3) is 11.1 Å². The third-order valence-corrected chi connectivity index (χ3v) is 8.91. The minimum atomic E-state index is -1.62. The van der Waals surface area contributed by atoms with Crippen molar-refractivity contribution in [2.24, 2.45) is 13.0 Å². The molecule has 10 nitrogen and oxygen atoms in total. The summed E-state index contributed by atoms with van der Waals surface area (Å²) in [6.45, 7) is -0.463. The van der Waals surface area contributed by atoms with Gasteiger partial charge in [-0.15, -0.1) is 0 Å². The molecule has 2 fully saturated rings. The number of carbonyl (C=O) groups excluding carboxylic acids is 3. The molecule has 1 aromatic heterocycles. The first kappa shape index (κ1) is 28.5. The summed E-state index contributed by atoms with van der Waals surface area (Å²) in [4.78, 5) is 54.6. The van der Waals surface area contributed by atoms with Crippen LogP contribution in [0.2, 0.25) is 0 Å². The third kappa shape index (κ3) is 5.15. The number of carbonyl (C=O) groups is 4. The molecule has 1 saturated carbocycles. The fourth-order valence-corrected chi connectivity index (χ4v) is 6.61. The Morgan fingerprint density at radius 3 is 2.47 bits per heavy atom. The van der Waals surface area contributed by atoms with E-state index in [4.69, 9.17) is 0 Å². The van der Waals surface area contributed by atoms with E-state index in [-0.39, 0.29) is 19.0 Å². The Bertz CT molecular complexity index is 1600. The topological polar surface area (TPSA) is 125 Å². The van der Waals surface area contributed by atoms with E-state index in [1.54, 1.807) is 54.5 Å². The van der Waals surface area contributed by atoms with Gasteiger partial charge in [-0.3, -0.25) is 24.0 Å². The Labute approximate surface area is 246 Å². The quantitative estimate of drug-likeness (QED) is 0.400. The first-order valence-electron chi connectivity index (χ1n) is 14.2. The van der Waals surface area contributed by atoms with Gasteiger partial charge in [-0.25, -0.2) is 13.6 Å². The van der Waals surface area contributed by atoms with Gasteiger partial charge < -0.3 is 15.3 Å². The first-order chi connectivity index (χ1) is 20.6. The Balaban J connectivity index is 1.24. The average molecular weight is 592 g/mol. The maximum atomic E-state index is 15.4.